The summed E-state index contributed by atoms with van der Waals surface area (Å²) in [6.45, 7) is -1.02. The molecule has 1 aromatic heterocycles. The van der Waals surface area contributed by atoms with Gasteiger partial charge in [0.25, 0.3) is 10.2 Å². The predicted octanol–water partition coefficient (Wildman–Crippen LogP) is 4.38. The first-order valence-electron chi connectivity index (χ1n) is 5.31. The minimum absolute atomic E-state index is 0.173. The molecule has 0 N–H and O–H groups in total. The Morgan fingerprint density at radius 1 is 1.00 bits per heavy atom. The normalized spacial score (nSPS) is 15.7. The van der Waals surface area contributed by atoms with Crippen molar-refractivity contribution in [2.24, 2.45) is 0 Å². The number of hydrogen-bond acceptors (Lipinski definition) is 2. The van der Waals surface area contributed by atoms with E-state index in [0.717, 1.165) is 18.3 Å². The van der Waals surface area contributed by atoms with Crippen LogP contribution in [-0.2, 0) is 6.54 Å². The van der Waals surface area contributed by atoms with Crippen LogP contribution in [0.15, 0.2) is 30.5 Å². The molecule has 112 valence electrons. The zero-order chi connectivity index (χ0) is 15.1. The molecule has 0 aliphatic carbocycles. The zero-order valence-corrected chi connectivity index (χ0v) is 10.6. The zero-order valence-electron chi connectivity index (χ0n) is 9.82. The maximum Gasteiger partial charge on any atom is 0.287 e. The number of benzene rings is 1. The number of halogens is 6. The highest BCUT2D eigenvalue weighted by Gasteiger charge is 2.62. The van der Waals surface area contributed by atoms with Crippen molar-refractivity contribution in [2.45, 2.75) is 6.54 Å². The van der Waals surface area contributed by atoms with E-state index < -0.39 is 28.3 Å². The van der Waals surface area contributed by atoms with Gasteiger partial charge in [-0.05, 0) is 24.3 Å². The van der Waals surface area contributed by atoms with E-state index >= 15 is 0 Å². The van der Waals surface area contributed by atoms with E-state index in [2.05, 4.69) is 10.3 Å². The average molecular weight is 317 g/mol. The molecule has 0 spiro atoms. The number of hydrogen-bond donors (Lipinski definition) is 0. The lowest BCUT2D eigenvalue weighted by atomic mass is 10.2. The first kappa shape index (κ1) is 14.7. The van der Waals surface area contributed by atoms with Crippen molar-refractivity contribution in [1.82, 2.24) is 15.0 Å². The molecule has 3 nitrogen and oxygen atoms in total. The van der Waals surface area contributed by atoms with Crippen molar-refractivity contribution in [2.75, 3.05) is 5.75 Å². The van der Waals surface area contributed by atoms with Crippen LogP contribution >= 0.6 is 10.2 Å². The molecule has 10 heteroatoms. The maximum atomic E-state index is 12.7. The fourth-order valence-corrected chi connectivity index (χ4v) is 1.96. The molecule has 0 unspecified atom stereocenters. The highest BCUT2D eigenvalue weighted by Crippen LogP contribution is 2.97. The van der Waals surface area contributed by atoms with Gasteiger partial charge in [-0.25, -0.2) is 4.39 Å². The minimum Gasteiger partial charge on any atom is -0.251 e. The van der Waals surface area contributed by atoms with Crippen molar-refractivity contribution in [3.63, 3.8) is 0 Å². The summed E-state index contributed by atoms with van der Waals surface area (Å²) in [5.41, 5.74) is 0.595. The third kappa shape index (κ3) is 4.44. The highest BCUT2D eigenvalue weighted by atomic mass is 32.5. The van der Waals surface area contributed by atoms with Crippen molar-refractivity contribution in [3.8, 4) is 11.3 Å². The van der Waals surface area contributed by atoms with Crippen LogP contribution in [0.25, 0.3) is 11.3 Å². The summed E-state index contributed by atoms with van der Waals surface area (Å²) >= 11 is 0. The molecule has 2 rings (SSSR count). The third-order valence-electron chi connectivity index (χ3n) is 2.38. The Kier molecular flexibility index (Phi) is 2.87. The van der Waals surface area contributed by atoms with Crippen molar-refractivity contribution in [1.29, 1.82) is 0 Å². The van der Waals surface area contributed by atoms with E-state index in [1.165, 1.54) is 12.1 Å². The third-order valence-corrected chi connectivity index (χ3v) is 3.34. The van der Waals surface area contributed by atoms with Crippen LogP contribution in [0.5, 0.6) is 0 Å². The van der Waals surface area contributed by atoms with E-state index in [1.54, 1.807) is 0 Å². The van der Waals surface area contributed by atoms with Gasteiger partial charge < -0.3 is 0 Å². The summed E-state index contributed by atoms with van der Waals surface area (Å²) in [4.78, 5) is 0. The summed E-state index contributed by atoms with van der Waals surface area (Å²) in [5.74, 6) is -2.73. The van der Waals surface area contributed by atoms with Crippen molar-refractivity contribution < 1.29 is 23.8 Å². The van der Waals surface area contributed by atoms with Gasteiger partial charge in [0.15, 0.2) is 0 Å². The Morgan fingerprint density at radius 2 is 1.60 bits per heavy atom. The second-order valence-electron chi connectivity index (χ2n) is 4.21. The largest absolute Gasteiger partial charge is 0.287 e. The fourth-order valence-electron chi connectivity index (χ4n) is 1.43. The lowest BCUT2D eigenvalue weighted by molar-refractivity contribution is 0.357. The van der Waals surface area contributed by atoms with Crippen LogP contribution in [0.3, 0.4) is 0 Å². The minimum atomic E-state index is -9.45. The molecular weight excluding hydrogens is 308 g/mol. The fraction of sp³-hybridized carbons (Fsp3) is 0.200. The SMILES string of the molecule is Fc1ccc(-c2cn(CCS(F)(F)(F)(F)F)nn2)cc1. The molecule has 0 aliphatic rings. The average Bonchev–Trinajstić information content (AvgIpc) is 2.74. The molecule has 0 bridgehead atoms. The van der Waals surface area contributed by atoms with E-state index in [4.69, 9.17) is 0 Å². The molecule has 0 atom stereocenters. The van der Waals surface area contributed by atoms with E-state index in [9.17, 15) is 23.8 Å². The molecule has 0 radical (unpaired) electrons. The number of rotatable bonds is 4. The van der Waals surface area contributed by atoms with Crippen LogP contribution in [-0.4, -0.2) is 20.7 Å². The first-order valence-corrected chi connectivity index (χ1v) is 7.43. The lowest BCUT2D eigenvalue weighted by Gasteiger charge is -2.40. The first-order chi connectivity index (χ1) is 8.91. The van der Waals surface area contributed by atoms with Gasteiger partial charge in [-0.1, -0.05) is 24.6 Å². The molecule has 0 saturated heterocycles. The second kappa shape index (κ2) is 3.90. The van der Waals surface area contributed by atoms with Gasteiger partial charge in [0, 0.05) is 5.56 Å². The van der Waals surface area contributed by atoms with E-state index in [1.807, 2.05) is 0 Å². The standard InChI is InChI=1S/C10H9F6N3S/c11-9-3-1-8(2-4-9)10-7-19(18-17-10)5-6-20(12,13,14,15)16/h1-4,7H,5-6H2. The molecule has 0 fully saturated rings. The van der Waals surface area contributed by atoms with Gasteiger partial charge in [0.05, 0.1) is 12.7 Å². The van der Waals surface area contributed by atoms with Crippen LogP contribution < -0.4 is 0 Å². The summed E-state index contributed by atoms with van der Waals surface area (Å²) < 4.78 is 74.2. The lowest BCUT2D eigenvalue weighted by Crippen LogP contribution is -2.16. The van der Waals surface area contributed by atoms with Gasteiger partial charge in [0.1, 0.15) is 17.3 Å². The highest BCUT2D eigenvalue weighted by molar-refractivity contribution is 8.45. The number of aryl methyl sites for hydroxylation is 1. The summed E-state index contributed by atoms with van der Waals surface area (Å²) in [5, 5.41) is 6.89. The van der Waals surface area contributed by atoms with Crippen LogP contribution in [0.4, 0.5) is 23.8 Å². The van der Waals surface area contributed by atoms with Crippen LogP contribution in [0.1, 0.15) is 0 Å². The van der Waals surface area contributed by atoms with Gasteiger partial charge in [-0.2, -0.15) is 0 Å². The number of aromatic nitrogens is 3. The van der Waals surface area contributed by atoms with Gasteiger partial charge in [-0.3, -0.25) is 4.68 Å². The molecule has 20 heavy (non-hydrogen) atoms. The molecule has 0 amide bonds. The monoisotopic (exact) mass is 317 g/mol. The van der Waals surface area contributed by atoms with Gasteiger partial charge >= 0.3 is 0 Å². The topological polar surface area (TPSA) is 30.7 Å². The summed E-state index contributed by atoms with van der Waals surface area (Å²) in [6, 6.07) is 4.99. The van der Waals surface area contributed by atoms with E-state index in [-0.39, 0.29) is 5.69 Å². The van der Waals surface area contributed by atoms with Crippen LogP contribution in [0.2, 0.25) is 0 Å². The molecular formula is C10H9F6N3S. The van der Waals surface area contributed by atoms with Crippen LogP contribution in [0, 0.1) is 5.82 Å². The second-order valence-corrected chi connectivity index (χ2v) is 6.87. The predicted molar refractivity (Wildman–Crippen MR) is 63.4 cm³/mol. The summed E-state index contributed by atoms with van der Waals surface area (Å²) in [7, 11) is -9.45. The number of nitrogens with zero attached hydrogens (tertiary/aromatic N) is 3. The summed E-state index contributed by atoms with van der Waals surface area (Å²) in [6.07, 6.45) is 1.09. The smallest absolute Gasteiger partial charge is 0.251 e. The van der Waals surface area contributed by atoms with Crippen molar-refractivity contribution in [3.05, 3.63) is 36.3 Å². The molecule has 0 aliphatic heterocycles. The van der Waals surface area contributed by atoms with Gasteiger partial charge in [0.2, 0.25) is 0 Å². The Balaban J connectivity index is 2.13. The van der Waals surface area contributed by atoms with Crippen molar-refractivity contribution >= 4 is 10.2 Å². The quantitative estimate of drug-likeness (QED) is 0.783. The Hall–Kier alpha value is -1.71. The Labute approximate surface area is 109 Å². The maximum absolute atomic E-state index is 12.7. The molecule has 0 saturated carbocycles. The molecule has 2 aromatic rings. The Morgan fingerprint density at radius 3 is 2.15 bits per heavy atom. The molecule has 1 aromatic carbocycles. The van der Waals surface area contributed by atoms with E-state index in [0.29, 0.717) is 10.2 Å². The Bertz CT molecular complexity index is 618. The van der Waals surface area contributed by atoms with Gasteiger partial charge in [-0.15, -0.1) is 5.10 Å². The molecule has 1 heterocycles.